The topological polar surface area (TPSA) is 24.9 Å². The van der Waals surface area contributed by atoms with Gasteiger partial charge >= 0.3 is 0 Å². The monoisotopic (exact) mass is 206 g/mol. The van der Waals surface area contributed by atoms with Crippen molar-refractivity contribution in [1.82, 2.24) is 10.3 Å². The van der Waals surface area contributed by atoms with Gasteiger partial charge in [0.15, 0.2) is 0 Å². The first kappa shape index (κ1) is 12.2. The average Bonchev–Trinajstić information content (AvgIpc) is 2.25. The molecule has 2 nitrogen and oxygen atoms in total. The maximum absolute atomic E-state index is 4.17. The van der Waals surface area contributed by atoms with Gasteiger partial charge in [-0.2, -0.15) is 0 Å². The van der Waals surface area contributed by atoms with Crippen LogP contribution in [0.1, 0.15) is 45.2 Å². The molecule has 0 saturated heterocycles. The third-order valence-corrected chi connectivity index (χ3v) is 2.44. The summed E-state index contributed by atoms with van der Waals surface area (Å²) >= 11 is 0. The predicted octanol–water partition coefficient (Wildman–Crippen LogP) is 3.17. The first-order chi connectivity index (χ1) is 7.24. The molecule has 0 bridgehead atoms. The van der Waals surface area contributed by atoms with Gasteiger partial charge in [0.2, 0.25) is 0 Å². The molecule has 0 aliphatic carbocycles. The smallest absolute Gasteiger partial charge is 0.0335 e. The Bertz CT molecular complexity index is 256. The highest BCUT2D eigenvalue weighted by Crippen LogP contribution is 2.17. The zero-order valence-electron chi connectivity index (χ0n) is 10.0. The van der Waals surface area contributed by atoms with Crippen LogP contribution in [0.5, 0.6) is 0 Å². The van der Waals surface area contributed by atoms with Crippen LogP contribution in [-0.2, 0) is 0 Å². The molecular formula is C13H22N2. The second-order valence-corrected chi connectivity index (χ2v) is 4.43. The van der Waals surface area contributed by atoms with E-state index in [0.717, 1.165) is 6.54 Å². The Hall–Kier alpha value is -0.890. The first-order valence-corrected chi connectivity index (χ1v) is 5.87. The number of hydrogen-bond donors (Lipinski definition) is 1. The number of nitrogens with one attached hydrogen (secondary N) is 1. The maximum atomic E-state index is 4.17. The molecule has 1 rings (SSSR count). The number of rotatable bonds is 6. The van der Waals surface area contributed by atoms with Crippen LogP contribution in [0.4, 0.5) is 0 Å². The summed E-state index contributed by atoms with van der Waals surface area (Å²) in [5.74, 6) is 0.695. The Balaban J connectivity index is 2.57. The van der Waals surface area contributed by atoms with Crippen LogP contribution in [0, 0.1) is 5.92 Å². The molecule has 0 spiro atoms. The molecule has 1 heterocycles. The van der Waals surface area contributed by atoms with Crippen molar-refractivity contribution >= 4 is 0 Å². The molecule has 1 N–H and O–H groups in total. The molecule has 1 unspecified atom stereocenters. The molecule has 84 valence electrons. The van der Waals surface area contributed by atoms with Gasteiger partial charge in [-0.3, -0.25) is 4.98 Å². The van der Waals surface area contributed by atoms with E-state index in [9.17, 15) is 0 Å². The summed E-state index contributed by atoms with van der Waals surface area (Å²) < 4.78 is 0. The van der Waals surface area contributed by atoms with E-state index in [1.54, 1.807) is 0 Å². The number of pyridine rings is 1. The molecule has 0 aliphatic heterocycles. The Morgan fingerprint density at radius 3 is 2.73 bits per heavy atom. The van der Waals surface area contributed by atoms with Gasteiger partial charge in [-0.1, -0.05) is 33.3 Å². The Kier molecular flexibility index (Phi) is 5.33. The fraction of sp³-hybridized carbons (Fsp3) is 0.615. The largest absolute Gasteiger partial charge is 0.310 e. The summed E-state index contributed by atoms with van der Waals surface area (Å²) in [6.07, 6.45) is 6.17. The van der Waals surface area contributed by atoms with Gasteiger partial charge in [-0.15, -0.1) is 0 Å². The highest BCUT2D eigenvalue weighted by atomic mass is 14.9. The second-order valence-electron chi connectivity index (χ2n) is 4.43. The van der Waals surface area contributed by atoms with Crippen LogP contribution in [0.3, 0.4) is 0 Å². The lowest BCUT2D eigenvalue weighted by molar-refractivity contribution is 0.449. The van der Waals surface area contributed by atoms with E-state index in [1.165, 1.54) is 18.4 Å². The van der Waals surface area contributed by atoms with Crippen LogP contribution in [0.15, 0.2) is 24.5 Å². The van der Waals surface area contributed by atoms with Crippen LogP contribution in [0.25, 0.3) is 0 Å². The zero-order chi connectivity index (χ0) is 11.1. The van der Waals surface area contributed by atoms with Gasteiger partial charge in [0.1, 0.15) is 0 Å². The summed E-state index contributed by atoms with van der Waals surface area (Å²) in [6, 6.07) is 4.63. The first-order valence-electron chi connectivity index (χ1n) is 5.87. The summed E-state index contributed by atoms with van der Waals surface area (Å²) in [7, 11) is 0. The van der Waals surface area contributed by atoms with E-state index in [4.69, 9.17) is 0 Å². The highest BCUT2D eigenvalue weighted by molar-refractivity contribution is 5.13. The molecular weight excluding hydrogens is 184 g/mol. The van der Waals surface area contributed by atoms with Crippen LogP contribution >= 0.6 is 0 Å². The highest BCUT2D eigenvalue weighted by Gasteiger charge is 2.09. The standard InChI is InChI=1S/C13H22N2/c1-4-6-13(15-9-11(2)3)12-7-5-8-14-10-12/h5,7-8,10-11,13,15H,4,6,9H2,1-3H3. The van der Waals surface area contributed by atoms with Gasteiger partial charge < -0.3 is 5.32 Å². The van der Waals surface area contributed by atoms with Crippen LogP contribution in [0.2, 0.25) is 0 Å². The third-order valence-electron chi connectivity index (χ3n) is 2.44. The number of nitrogens with zero attached hydrogens (tertiary/aromatic N) is 1. The van der Waals surface area contributed by atoms with Gasteiger partial charge in [-0.05, 0) is 30.5 Å². The number of aromatic nitrogens is 1. The molecule has 1 aromatic heterocycles. The predicted molar refractivity (Wildman–Crippen MR) is 64.7 cm³/mol. The van der Waals surface area contributed by atoms with Crippen molar-refractivity contribution in [3.63, 3.8) is 0 Å². The van der Waals surface area contributed by atoms with E-state index in [-0.39, 0.29) is 0 Å². The lowest BCUT2D eigenvalue weighted by Crippen LogP contribution is -2.25. The summed E-state index contributed by atoms with van der Waals surface area (Å²) in [6.45, 7) is 7.76. The lowest BCUT2D eigenvalue weighted by Gasteiger charge is -2.19. The van der Waals surface area contributed by atoms with E-state index in [0.29, 0.717) is 12.0 Å². The Morgan fingerprint density at radius 1 is 1.40 bits per heavy atom. The summed E-state index contributed by atoms with van der Waals surface area (Å²) in [4.78, 5) is 4.17. The average molecular weight is 206 g/mol. The number of hydrogen-bond acceptors (Lipinski definition) is 2. The Morgan fingerprint density at radius 2 is 2.20 bits per heavy atom. The van der Waals surface area contributed by atoms with Crippen molar-refractivity contribution in [2.24, 2.45) is 5.92 Å². The van der Waals surface area contributed by atoms with E-state index >= 15 is 0 Å². The molecule has 0 saturated carbocycles. The quantitative estimate of drug-likeness (QED) is 0.773. The van der Waals surface area contributed by atoms with E-state index < -0.39 is 0 Å². The van der Waals surface area contributed by atoms with Crippen molar-refractivity contribution < 1.29 is 0 Å². The molecule has 0 fully saturated rings. The molecule has 0 amide bonds. The van der Waals surface area contributed by atoms with Crippen LogP contribution < -0.4 is 5.32 Å². The van der Waals surface area contributed by atoms with Gasteiger partial charge in [0.25, 0.3) is 0 Å². The van der Waals surface area contributed by atoms with Crippen molar-refractivity contribution in [2.45, 2.75) is 39.7 Å². The fourth-order valence-corrected chi connectivity index (χ4v) is 1.64. The second kappa shape index (κ2) is 6.57. The summed E-state index contributed by atoms with van der Waals surface area (Å²) in [5.41, 5.74) is 1.31. The van der Waals surface area contributed by atoms with Crippen molar-refractivity contribution in [1.29, 1.82) is 0 Å². The van der Waals surface area contributed by atoms with Crippen molar-refractivity contribution in [2.75, 3.05) is 6.54 Å². The van der Waals surface area contributed by atoms with Crippen LogP contribution in [-0.4, -0.2) is 11.5 Å². The van der Waals surface area contributed by atoms with Gasteiger partial charge in [-0.25, -0.2) is 0 Å². The minimum absolute atomic E-state index is 0.464. The molecule has 0 aromatic carbocycles. The third kappa shape index (κ3) is 4.43. The van der Waals surface area contributed by atoms with Gasteiger partial charge in [0, 0.05) is 18.4 Å². The zero-order valence-corrected chi connectivity index (χ0v) is 10.0. The molecule has 1 atom stereocenters. The summed E-state index contributed by atoms with van der Waals surface area (Å²) in [5, 5.41) is 3.60. The minimum atomic E-state index is 0.464. The molecule has 0 aliphatic rings. The van der Waals surface area contributed by atoms with E-state index in [2.05, 4.69) is 37.1 Å². The van der Waals surface area contributed by atoms with Crippen molar-refractivity contribution in [3.05, 3.63) is 30.1 Å². The molecule has 0 radical (unpaired) electrons. The van der Waals surface area contributed by atoms with Gasteiger partial charge in [0.05, 0.1) is 0 Å². The Labute approximate surface area is 93.1 Å². The SMILES string of the molecule is CCCC(NCC(C)C)c1cccnc1. The molecule has 1 aromatic rings. The van der Waals surface area contributed by atoms with E-state index in [1.807, 2.05) is 18.5 Å². The maximum Gasteiger partial charge on any atom is 0.0335 e. The molecule has 2 heteroatoms. The minimum Gasteiger partial charge on any atom is -0.310 e. The lowest BCUT2D eigenvalue weighted by atomic mass is 10.0. The fourth-order valence-electron chi connectivity index (χ4n) is 1.64. The molecule has 15 heavy (non-hydrogen) atoms. The normalized spacial score (nSPS) is 13.1. The van der Waals surface area contributed by atoms with Crippen molar-refractivity contribution in [3.8, 4) is 0 Å².